The molecule has 1 atom stereocenters. The third-order valence-corrected chi connectivity index (χ3v) is 2.50. The van der Waals surface area contributed by atoms with E-state index in [0.29, 0.717) is 6.04 Å². The lowest BCUT2D eigenvalue weighted by Crippen LogP contribution is -2.36. The summed E-state index contributed by atoms with van der Waals surface area (Å²) in [5, 5.41) is 0. The van der Waals surface area contributed by atoms with Crippen molar-refractivity contribution in [3.63, 3.8) is 0 Å². The fourth-order valence-corrected chi connectivity index (χ4v) is 1.66. The zero-order valence-corrected chi connectivity index (χ0v) is 9.29. The molecule has 3 nitrogen and oxygen atoms in total. The second-order valence-electron chi connectivity index (χ2n) is 3.78. The van der Waals surface area contributed by atoms with Gasteiger partial charge in [0.15, 0.2) is 0 Å². The first-order valence-corrected chi connectivity index (χ1v) is 5.33. The lowest BCUT2D eigenvalue weighted by molar-refractivity contribution is 0.218. The minimum absolute atomic E-state index is 0.149. The zero-order valence-electron chi connectivity index (χ0n) is 9.29. The van der Waals surface area contributed by atoms with Gasteiger partial charge in [0, 0.05) is 6.04 Å². The monoisotopic (exact) mass is 187 g/mol. The molecule has 0 aliphatic heterocycles. The highest BCUT2D eigenvalue weighted by Gasteiger charge is 2.11. The van der Waals surface area contributed by atoms with Crippen LogP contribution in [0.2, 0.25) is 0 Å². The van der Waals surface area contributed by atoms with Crippen molar-refractivity contribution < 1.29 is 0 Å². The summed E-state index contributed by atoms with van der Waals surface area (Å²) in [5.74, 6) is 0. The van der Waals surface area contributed by atoms with E-state index in [9.17, 15) is 0 Å². The Hall–Kier alpha value is -0.120. The molecule has 0 spiro atoms. The first-order chi connectivity index (χ1) is 6.11. The van der Waals surface area contributed by atoms with E-state index in [1.54, 1.807) is 0 Å². The highest BCUT2D eigenvalue weighted by Crippen LogP contribution is 2.09. The molecule has 0 heterocycles. The molecule has 3 heteroatoms. The van der Waals surface area contributed by atoms with Crippen molar-refractivity contribution in [3.05, 3.63) is 0 Å². The van der Waals surface area contributed by atoms with Gasteiger partial charge in [-0.25, -0.2) is 0 Å². The van der Waals surface area contributed by atoms with E-state index >= 15 is 0 Å². The van der Waals surface area contributed by atoms with Gasteiger partial charge in [0.25, 0.3) is 0 Å². The molecule has 0 saturated heterocycles. The molecule has 0 aromatic heterocycles. The van der Waals surface area contributed by atoms with E-state index < -0.39 is 0 Å². The molecular weight excluding hydrogens is 162 g/mol. The maximum Gasteiger partial charge on any atom is 0.0521 e. The van der Waals surface area contributed by atoms with Gasteiger partial charge in [-0.2, -0.15) is 0 Å². The van der Waals surface area contributed by atoms with E-state index in [1.165, 1.54) is 12.8 Å². The second kappa shape index (κ2) is 7.30. The number of hydrogen-bond acceptors (Lipinski definition) is 3. The van der Waals surface area contributed by atoms with Crippen LogP contribution in [0.15, 0.2) is 0 Å². The number of nitrogens with zero attached hydrogens (tertiary/aromatic N) is 1. The lowest BCUT2D eigenvalue weighted by atomic mass is 10.1. The molecule has 80 valence electrons. The molecule has 0 rings (SSSR count). The minimum Gasteiger partial charge on any atom is -0.316 e. The van der Waals surface area contributed by atoms with Crippen LogP contribution >= 0.6 is 0 Å². The molecule has 0 saturated carbocycles. The minimum atomic E-state index is -0.149. The summed E-state index contributed by atoms with van der Waals surface area (Å²) < 4.78 is 0. The summed E-state index contributed by atoms with van der Waals surface area (Å²) in [4.78, 5) is 2.41. The van der Waals surface area contributed by atoms with E-state index in [1.807, 2.05) is 0 Å². The van der Waals surface area contributed by atoms with E-state index in [0.717, 1.165) is 19.4 Å². The fourth-order valence-electron chi connectivity index (χ4n) is 1.66. The number of rotatable bonds is 7. The first kappa shape index (κ1) is 12.9. The topological polar surface area (TPSA) is 55.3 Å². The number of nitrogens with two attached hydrogens (primary N) is 2. The van der Waals surface area contributed by atoms with Crippen LogP contribution < -0.4 is 11.5 Å². The molecule has 0 aliphatic rings. The number of hydrogen-bond donors (Lipinski definition) is 2. The van der Waals surface area contributed by atoms with Gasteiger partial charge in [0.2, 0.25) is 0 Å². The van der Waals surface area contributed by atoms with Crippen molar-refractivity contribution in [2.24, 2.45) is 11.5 Å². The van der Waals surface area contributed by atoms with Crippen LogP contribution in [0, 0.1) is 0 Å². The summed E-state index contributed by atoms with van der Waals surface area (Å²) in [6.07, 6.45) is 4.28. The van der Waals surface area contributed by atoms with Gasteiger partial charge in [-0.3, -0.25) is 0 Å². The van der Waals surface area contributed by atoms with Gasteiger partial charge in [-0.05, 0) is 39.3 Å². The summed E-state index contributed by atoms with van der Waals surface area (Å²) in [7, 11) is 2.18. The van der Waals surface area contributed by atoms with E-state index in [2.05, 4.69) is 25.8 Å². The third kappa shape index (κ3) is 6.02. The van der Waals surface area contributed by atoms with Crippen LogP contribution in [0.5, 0.6) is 0 Å². The van der Waals surface area contributed by atoms with Crippen molar-refractivity contribution in [3.8, 4) is 0 Å². The van der Waals surface area contributed by atoms with Crippen LogP contribution in [0.1, 0.15) is 39.5 Å². The van der Waals surface area contributed by atoms with Crippen molar-refractivity contribution in [2.75, 3.05) is 13.6 Å². The van der Waals surface area contributed by atoms with Crippen molar-refractivity contribution in [1.82, 2.24) is 4.90 Å². The van der Waals surface area contributed by atoms with Crippen LogP contribution in [0.25, 0.3) is 0 Å². The summed E-state index contributed by atoms with van der Waals surface area (Å²) in [5.41, 5.74) is 11.1. The molecule has 0 aromatic carbocycles. The Morgan fingerprint density at radius 3 is 2.15 bits per heavy atom. The molecule has 0 radical (unpaired) electrons. The predicted octanol–water partition coefficient (Wildman–Crippen LogP) is 1.13. The highest BCUT2D eigenvalue weighted by atomic mass is 15.1. The smallest absolute Gasteiger partial charge is 0.0521 e. The largest absolute Gasteiger partial charge is 0.316 e. The Bertz CT molecular complexity index is 115. The van der Waals surface area contributed by atoms with E-state index in [-0.39, 0.29) is 6.17 Å². The van der Waals surface area contributed by atoms with Crippen molar-refractivity contribution in [2.45, 2.75) is 51.7 Å². The van der Waals surface area contributed by atoms with Gasteiger partial charge >= 0.3 is 0 Å². The Morgan fingerprint density at radius 2 is 1.77 bits per heavy atom. The van der Waals surface area contributed by atoms with Gasteiger partial charge < -0.3 is 16.4 Å². The summed E-state index contributed by atoms with van der Waals surface area (Å²) >= 11 is 0. The standard InChI is InChI=1S/C10H25N3/c1-4-8-13(3)9(5-2)6-7-10(11)12/h9-10H,4-8,11-12H2,1-3H3. The van der Waals surface area contributed by atoms with Gasteiger partial charge in [-0.1, -0.05) is 13.8 Å². The maximum absolute atomic E-state index is 5.53. The summed E-state index contributed by atoms with van der Waals surface area (Å²) in [6, 6.07) is 0.648. The lowest BCUT2D eigenvalue weighted by Gasteiger charge is -2.27. The maximum atomic E-state index is 5.53. The zero-order chi connectivity index (χ0) is 10.3. The molecule has 0 amide bonds. The predicted molar refractivity (Wildman–Crippen MR) is 58.4 cm³/mol. The Balaban J connectivity index is 3.73. The van der Waals surface area contributed by atoms with Crippen LogP contribution in [-0.2, 0) is 0 Å². The molecule has 13 heavy (non-hydrogen) atoms. The van der Waals surface area contributed by atoms with Crippen LogP contribution in [-0.4, -0.2) is 30.7 Å². The average Bonchev–Trinajstić information content (AvgIpc) is 2.05. The van der Waals surface area contributed by atoms with Gasteiger partial charge in [0.05, 0.1) is 6.17 Å². The van der Waals surface area contributed by atoms with Crippen LogP contribution in [0.4, 0.5) is 0 Å². The SMILES string of the molecule is CCCN(C)C(CC)CCC(N)N. The van der Waals surface area contributed by atoms with E-state index in [4.69, 9.17) is 11.5 Å². The van der Waals surface area contributed by atoms with Gasteiger partial charge in [-0.15, -0.1) is 0 Å². The fraction of sp³-hybridized carbons (Fsp3) is 1.00. The Kier molecular flexibility index (Phi) is 7.23. The third-order valence-electron chi connectivity index (χ3n) is 2.50. The molecule has 0 aromatic rings. The Labute approximate surface area is 82.5 Å². The molecule has 1 unspecified atom stereocenters. The molecule has 4 N–H and O–H groups in total. The van der Waals surface area contributed by atoms with Crippen LogP contribution in [0.3, 0.4) is 0 Å². The summed E-state index contributed by atoms with van der Waals surface area (Å²) in [6.45, 7) is 5.59. The second-order valence-corrected chi connectivity index (χ2v) is 3.78. The highest BCUT2D eigenvalue weighted by molar-refractivity contribution is 4.68. The molecule has 0 bridgehead atoms. The van der Waals surface area contributed by atoms with Crippen molar-refractivity contribution in [1.29, 1.82) is 0 Å². The molecule has 0 fully saturated rings. The average molecular weight is 187 g/mol. The normalized spacial score (nSPS) is 14.1. The van der Waals surface area contributed by atoms with Crippen molar-refractivity contribution >= 4 is 0 Å². The quantitative estimate of drug-likeness (QED) is 0.587. The first-order valence-electron chi connectivity index (χ1n) is 5.33. The van der Waals surface area contributed by atoms with Gasteiger partial charge in [0.1, 0.15) is 0 Å². The molecule has 0 aliphatic carbocycles. The Morgan fingerprint density at radius 1 is 1.15 bits per heavy atom. The molecular formula is C10H25N3.